The maximum absolute atomic E-state index is 14.6. The van der Waals surface area contributed by atoms with Gasteiger partial charge in [0.05, 0.1) is 24.0 Å². The lowest BCUT2D eigenvalue weighted by Crippen LogP contribution is -2.22. The van der Waals surface area contributed by atoms with Crippen LogP contribution in [-0.4, -0.2) is 9.55 Å². The van der Waals surface area contributed by atoms with Crippen LogP contribution in [0.2, 0.25) is 0 Å². The summed E-state index contributed by atoms with van der Waals surface area (Å²) in [5, 5.41) is 0. The van der Waals surface area contributed by atoms with Gasteiger partial charge in [-0.25, -0.2) is 9.37 Å². The zero-order valence-electron chi connectivity index (χ0n) is 17.2. The molecule has 0 atom stereocenters. The Morgan fingerprint density at radius 3 is 2.30 bits per heavy atom. The van der Waals surface area contributed by atoms with Crippen LogP contribution >= 0.6 is 0 Å². The van der Waals surface area contributed by atoms with Crippen molar-refractivity contribution >= 4 is 0 Å². The van der Waals surface area contributed by atoms with Crippen molar-refractivity contribution < 1.29 is 22.3 Å². The molecule has 0 saturated carbocycles. The topological polar surface area (TPSA) is 44.1 Å². The highest BCUT2D eigenvalue weighted by Gasteiger charge is 2.29. The van der Waals surface area contributed by atoms with Crippen LogP contribution in [0.5, 0.6) is 5.75 Å². The number of hydrogen-bond acceptors (Lipinski definition) is 3. The molecule has 33 heavy (non-hydrogen) atoms. The molecule has 0 amide bonds. The van der Waals surface area contributed by atoms with E-state index in [0.717, 1.165) is 17.7 Å². The molecule has 1 aromatic heterocycles. The number of halogens is 4. The average Bonchev–Trinajstić information content (AvgIpc) is 2.80. The molecule has 0 aliphatic carbocycles. The molecule has 0 unspecified atom stereocenters. The third-order valence-corrected chi connectivity index (χ3v) is 5.02. The molecular weight excluding hydrogens is 436 g/mol. The molecule has 4 aromatic rings. The largest absolute Gasteiger partial charge is 0.486 e. The van der Waals surface area contributed by atoms with Gasteiger partial charge in [0.1, 0.15) is 6.61 Å². The van der Waals surface area contributed by atoms with Gasteiger partial charge in [-0.1, -0.05) is 48.5 Å². The summed E-state index contributed by atoms with van der Waals surface area (Å²) < 4.78 is 59.6. The van der Waals surface area contributed by atoms with Gasteiger partial charge in [-0.15, -0.1) is 0 Å². The third kappa shape index (κ3) is 5.28. The molecule has 0 N–H and O–H groups in total. The van der Waals surface area contributed by atoms with E-state index in [1.807, 2.05) is 30.3 Å². The first-order chi connectivity index (χ1) is 15.8. The zero-order valence-corrected chi connectivity index (χ0v) is 17.2. The highest BCUT2D eigenvalue weighted by molar-refractivity contribution is 5.62. The van der Waals surface area contributed by atoms with Gasteiger partial charge < -0.3 is 4.74 Å². The molecule has 1 heterocycles. The van der Waals surface area contributed by atoms with Crippen LogP contribution in [-0.2, 0) is 19.3 Å². The highest BCUT2D eigenvalue weighted by Crippen LogP contribution is 2.29. The summed E-state index contributed by atoms with van der Waals surface area (Å²) in [6.07, 6.45) is -1.82. The number of ether oxygens (including phenoxy) is 1. The first-order valence-corrected chi connectivity index (χ1v) is 9.98. The van der Waals surface area contributed by atoms with Crippen LogP contribution in [0.25, 0.3) is 11.1 Å². The Labute approximate surface area is 186 Å². The van der Waals surface area contributed by atoms with Gasteiger partial charge in [0.25, 0.3) is 5.56 Å². The fourth-order valence-corrected chi connectivity index (χ4v) is 3.28. The van der Waals surface area contributed by atoms with Gasteiger partial charge in [-0.05, 0) is 41.0 Å². The standard InChI is InChI=1S/C25H18F4N2O2/c26-22-12-19(8-11-23(22)33-15-18-4-2-1-3-5-18)21-13-30-16-31(24(21)32)14-17-6-9-20(10-7-17)25(27,28)29/h1-13,16H,14-15H2. The van der Waals surface area contributed by atoms with E-state index >= 15 is 0 Å². The van der Waals surface area contributed by atoms with Gasteiger partial charge in [0.2, 0.25) is 0 Å². The van der Waals surface area contributed by atoms with Crippen LogP contribution in [0.15, 0.2) is 90.1 Å². The molecular formula is C25H18F4N2O2. The van der Waals surface area contributed by atoms with E-state index in [2.05, 4.69) is 4.98 Å². The Hall–Kier alpha value is -3.94. The summed E-state index contributed by atoms with van der Waals surface area (Å²) in [4.78, 5) is 16.9. The second-order valence-electron chi connectivity index (χ2n) is 7.35. The second kappa shape index (κ2) is 9.28. The number of hydrogen-bond donors (Lipinski definition) is 0. The van der Waals surface area contributed by atoms with E-state index in [-0.39, 0.29) is 24.5 Å². The number of aromatic nitrogens is 2. The maximum Gasteiger partial charge on any atom is 0.416 e. The van der Waals surface area contributed by atoms with Crippen molar-refractivity contribution in [3.63, 3.8) is 0 Å². The van der Waals surface area contributed by atoms with Crippen molar-refractivity contribution in [3.8, 4) is 16.9 Å². The summed E-state index contributed by atoms with van der Waals surface area (Å²) in [5.41, 5.74) is 0.661. The van der Waals surface area contributed by atoms with E-state index in [0.29, 0.717) is 11.1 Å². The lowest BCUT2D eigenvalue weighted by molar-refractivity contribution is -0.137. The summed E-state index contributed by atoms with van der Waals surface area (Å²) >= 11 is 0. The molecule has 0 fully saturated rings. The van der Waals surface area contributed by atoms with Crippen molar-refractivity contribution in [2.45, 2.75) is 19.3 Å². The number of rotatable bonds is 6. The number of nitrogens with zero attached hydrogens (tertiary/aromatic N) is 2. The number of benzene rings is 3. The van der Waals surface area contributed by atoms with Gasteiger partial charge >= 0.3 is 6.18 Å². The molecule has 0 aliphatic heterocycles. The summed E-state index contributed by atoms with van der Waals surface area (Å²) in [6, 6.07) is 18.0. The lowest BCUT2D eigenvalue weighted by atomic mass is 10.1. The molecule has 4 rings (SSSR count). The van der Waals surface area contributed by atoms with Gasteiger partial charge in [-0.3, -0.25) is 9.36 Å². The van der Waals surface area contributed by atoms with Crippen LogP contribution in [0.1, 0.15) is 16.7 Å². The normalized spacial score (nSPS) is 11.4. The monoisotopic (exact) mass is 454 g/mol. The molecule has 8 heteroatoms. The molecule has 0 saturated heterocycles. The Kier molecular flexibility index (Phi) is 6.26. The molecule has 0 bridgehead atoms. The quantitative estimate of drug-likeness (QED) is 0.351. The lowest BCUT2D eigenvalue weighted by Gasteiger charge is -2.11. The van der Waals surface area contributed by atoms with E-state index in [9.17, 15) is 22.4 Å². The van der Waals surface area contributed by atoms with E-state index in [1.165, 1.54) is 41.4 Å². The predicted molar refractivity (Wildman–Crippen MR) is 115 cm³/mol. The van der Waals surface area contributed by atoms with Gasteiger partial charge in [0.15, 0.2) is 11.6 Å². The molecule has 3 aromatic carbocycles. The number of alkyl halides is 3. The Morgan fingerprint density at radius 2 is 1.64 bits per heavy atom. The van der Waals surface area contributed by atoms with Crippen molar-refractivity contribution in [1.82, 2.24) is 9.55 Å². The average molecular weight is 454 g/mol. The Morgan fingerprint density at radius 1 is 0.909 bits per heavy atom. The molecule has 168 valence electrons. The minimum absolute atomic E-state index is 0.0264. The highest BCUT2D eigenvalue weighted by atomic mass is 19.4. The van der Waals surface area contributed by atoms with Crippen LogP contribution in [0.3, 0.4) is 0 Å². The smallest absolute Gasteiger partial charge is 0.416 e. The van der Waals surface area contributed by atoms with Crippen LogP contribution in [0.4, 0.5) is 17.6 Å². The Bertz CT molecular complexity index is 1300. The van der Waals surface area contributed by atoms with E-state index in [1.54, 1.807) is 6.07 Å². The summed E-state index contributed by atoms with van der Waals surface area (Å²) in [5.74, 6) is -0.572. The van der Waals surface area contributed by atoms with Crippen molar-refractivity contribution in [2.75, 3.05) is 0 Å². The fourth-order valence-electron chi connectivity index (χ4n) is 3.28. The van der Waals surface area contributed by atoms with Crippen LogP contribution < -0.4 is 10.3 Å². The SMILES string of the molecule is O=c1c(-c2ccc(OCc3ccccc3)c(F)c2)cncn1Cc1ccc(C(F)(F)F)cc1. The van der Waals surface area contributed by atoms with Crippen molar-refractivity contribution in [2.24, 2.45) is 0 Å². The minimum atomic E-state index is -4.43. The first-order valence-electron chi connectivity index (χ1n) is 9.98. The predicted octanol–water partition coefficient (Wildman–Crippen LogP) is 5.70. The first kappa shape index (κ1) is 22.3. The van der Waals surface area contributed by atoms with Crippen molar-refractivity contribution in [1.29, 1.82) is 0 Å². The van der Waals surface area contributed by atoms with Crippen molar-refractivity contribution in [3.05, 3.63) is 118 Å². The molecule has 4 nitrogen and oxygen atoms in total. The van der Waals surface area contributed by atoms with E-state index < -0.39 is 23.1 Å². The fraction of sp³-hybridized carbons (Fsp3) is 0.120. The maximum atomic E-state index is 14.6. The minimum Gasteiger partial charge on any atom is -0.486 e. The zero-order chi connectivity index (χ0) is 23.4. The summed E-state index contributed by atoms with van der Waals surface area (Å²) in [6.45, 7) is 0.225. The molecule has 0 spiro atoms. The van der Waals surface area contributed by atoms with Gasteiger partial charge in [-0.2, -0.15) is 13.2 Å². The third-order valence-electron chi connectivity index (χ3n) is 5.02. The Balaban J connectivity index is 1.53. The van der Waals surface area contributed by atoms with E-state index in [4.69, 9.17) is 4.74 Å². The summed E-state index contributed by atoms with van der Waals surface area (Å²) in [7, 11) is 0. The molecule has 0 radical (unpaired) electrons. The van der Waals surface area contributed by atoms with Gasteiger partial charge in [0, 0.05) is 6.20 Å². The second-order valence-corrected chi connectivity index (χ2v) is 7.35. The molecule has 0 aliphatic rings. The van der Waals surface area contributed by atoms with Crippen LogP contribution in [0, 0.1) is 5.82 Å².